The van der Waals surface area contributed by atoms with E-state index in [1.807, 2.05) is 44.2 Å². The van der Waals surface area contributed by atoms with E-state index >= 15 is 0 Å². The van der Waals surface area contributed by atoms with E-state index in [2.05, 4.69) is 10.3 Å². The summed E-state index contributed by atoms with van der Waals surface area (Å²) in [4.78, 5) is 18.1. The van der Waals surface area contributed by atoms with E-state index in [0.29, 0.717) is 17.9 Å². The largest absolute Gasteiger partial charge is 0.508 e. The van der Waals surface area contributed by atoms with Gasteiger partial charge in [0, 0.05) is 19.2 Å². The molecule has 1 heterocycles. The standard InChI is InChI=1S/C23H24Cl2N4O3/c1-13(2)16-11-15(9-10-17(16)30)32-20-18(24)21(26)28-22(19(20)25)29(3)23(31)27-12-14-7-5-4-6-8-14/h4-11,13,30H,12H2,1-3H3,(H2,26,28)(H,27,31). The molecule has 0 bridgehead atoms. The van der Waals surface area contributed by atoms with Gasteiger partial charge in [-0.2, -0.15) is 0 Å². The molecule has 0 atom stereocenters. The van der Waals surface area contributed by atoms with Crippen molar-refractivity contribution in [3.05, 3.63) is 69.7 Å². The summed E-state index contributed by atoms with van der Waals surface area (Å²) < 4.78 is 5.91. The number of hydrogen-bond donors (Lipinski definition) is 3. The maximum Gasteiger partial charge on any atom is 0.323 e. The van der Waals surface area contributed by atoms with Gasteiger partial charge in [-0.25, -0.2) is 9.78 Å². The van der Waals surface area contributed by atoms with Crippen LogP contribution in [0, 0.1) is 0 Å². The first-order chi connectivity index (χ1) is 15.2. The molecule has 1 aromatic heterocycles. The number of pyridine rings is 1. The molecular weight excluding hydrogens is 451 g/mol. The van der Waals surface area contributed by atoms with Crippen LogP contribution in [0.15, 0.2) is 48.5 Å². The highest BCUT2D eigenvalue weighted by Crippen LogP contribution is 2.44. The van der Waals surface area contributed by atoms with Crippen LogP contribution in [0.25, 0.3) is 0 Å². The van der Waals surface area contributed by atoms with Gasteiger partial charge in [-0.15, -0.1) is 0 Å². The van der Waals surface area contributed by atoms with Gasteiger partial charge in [-0.3, -0.25) is 4.90 Å². The number of phenols is 1. The molecule has 3 aromatic rings. The molecule has 0 aliphatic carbocycles. The second-order valence-corrected chi connectivity index (χ2v) is 8.21. The van der Waals surface area contributed by atoms with Gasteiger partial charge in [0.2, 0.25) is 0 Å². The Hall–Kier alpha value is -3.16. The highest BCUT2D eigenvalue weighted by atomic mass is 35.5. The number of amides is 2. The summed E-state index contributed by atoms with van der Waals surface area (Å²) in [5.74, 6) is 0.766. The first kappa shape index (κ1) is 23.5. The van der Waals surface area contributed by atoms with Gasteiger partial charge in [0.05, 0.1) is 0 Å². The Bertz CT molecular complexity index is 1120. The van der Waals surface area contributed by atoms with Crippen LogP contribution in [0.2, 0.25) is 10.0 Å². The molecule has 4 N–H and O–H groups in total. The van der Waals surface area contributed by atoms with Crippen molar-refractivity contribution in [2.45, 2.75) is 26.3 Å². The molecule has 32 heavy (non-hydrogen) atoms. The Balaban J connectivity index is 1.87. The number of nitrogens with one attached hydrogen (secondary N) is 1. The Morgan fingerprint density at radius 3 is 2.53 bits per heavy atom. The van der Waals surface area contributed by atoms with Crippen molar-refractivity contribution in [3.8, 4) is 17.2 Å². The van der Waals surface area contributed by atoms with Crippen molar-refractivity contribution in [1.82, 2.24) is 10.3 Å². The zero-order chi connectivity index (χ0) is 23.4. The van der Waals surface area contributed by atoms with Crippen molar-refractivity contribution >= 4 is 40.9 Å². The normalized spacial score (nSPS) is 10.8. The number of nitrogens with zero attached hydrogens (tertiary/aromatic N) is 2. The molecular formula is C23H24Cl2N4O3. The average Bonchev–Trinajstić information content (AvgIpc) is 2.78. The summed E-state index contributed by atoms with van der Waals surface area (Å²) in [5.41, 5.74) is 7.62. The third kappa shape index (κ3) is 5.18. The Kier molecular flexibility index (Phi) is 7.33. The molecule has 0 saturated heterocycles. The van der Waals surface area contributed by atoms with Crippen molar-refractivity contribution in [3.63, 3.8) is 0 Å². The predicted octanol–water partition coefficient (Wildman–Crippen LogP) is 5.94. The number of urea groups is 1. The number of carbonyl (C=O) groups excluding carboxylic acids is 1. The summed E-state index contributed by atoms with van der Waals surface area (Å²) in [5, 5.41) is 12.9. The second-order valence-electron chi connectivity index (χ2n) is 7.46. The fourth-order valence-electron chi connectivity index (χ4n) is 3.00. The summed E-state index contributed by atoms with van der Waals surface area (Å²) in [6.45, 7) is 4.23. The molecule has 3 rings (SSSR count). The van der Waals surface area contributed by atoms with Crippen molar-refractivity contribution in [1.29, 1.82) is 0 Å². The van der Waals surface area contributed by atoms with E-state index in [9.17, 15) is 9.90 Å². The topological polar surface area (TPSA) is 101 Å². The maximum atomic E-state index is 12.7. The smallest absolute Gasteiger partial charge is 0.323 e. The van der Waals surface area contributed by atoms with E-state index < -0.39 is 6.03 Å². The average molecular weight is 475 g/mol. The van der Waals surface area contributed by atoms with Crippen LogP contribution in [0.4, 0.5) is 16.4 Å². The summed E-state index contributed by atoms with van der Waals surface area (Å²) in [7, 11) is 1.52. The third-order valence-corrected chi connectivity index (χ3v) is 5.50. The number of ether oxygens (including phenoxy) is 1. The first-order valence-corrected chi connectivity index (χ1v) is 10.6. The number of aromatic hydroxyl groups is 1. The molecule has 0 unspecified atom stereocenters. The second kappa shape index (κ2) is 9.97. The minimum atomic E-state index is -0.428. The van der Waals surface area contributed by atoms with Gasteiger partial charge < -0.3 is 20.9 Å². The zero-order valence-corrected chi connectivity index (χ0v) is 19.4. The van der Waals surface area contributed by atoms with Crippen LogP contribution in [0.5, 0.6) is 17.2 Å². The summed E-state index contributed by atoms with van der Waals surface area (Å²) in [6, 6.07) is 13.9. The Labute approximate surface area is 196 Å². The van der Waals surface area contributed by atoms with Crippen LogP contribution in [-0.2, 0) is 6.54 Å². The Morgan fingerprint density at radius 1 is 1.19 bits per heavy atom. The molecule has 9 heteroatoms. The lowest BCUT2D eigenvalue weighted by Crippen LogP contribution is -2.37. The van der Waals surface area contributed by atoms with E-state index in [0.717, 1.165) is 5.56 Å². The van der Waals surface area contributed by atoms with Gasteiger partial charge in [0.1, 0.15) is 27.4 Å². The number of nitrogens with two attached hydrogens (primary N) is 1. The van der Waals surface area contributed by atoms with Crippen LogP contribution < -0.4 is 20.7 Å². The number of aromatic nitrogens is 1. The number of carbonyl (C=O) groups is 1. The van der Waals surface area contributed by atoms with Gasteiger partial charge in [0.25, 0.3) is 0 Å². The van der Waals surface area contributed by atoms with Gasteiger partial charge in [-0.05, 0) is 29.7 Å². The zero-order valence-electron chi connectivity index (χ0n) is 17.9. The lowest BCUT2D eigenvalue weighted by molar-refractivity contribution is 0.247. The molecule has 2 amide bonds. The molecule has 0 saturated carbocycles. The van der Waals surface area contributed by atoms with Gasteiger partial charge >= 0.3 is 6.03 Å². The van der Waals surface area contributed by atoms with Gasteiger partial charge in [0.15, 0.2) is 11.6 Å². The van der Waals surface area contributed by atoms with Crippen LogP contribution >= 0.6 is 23.2 Å². The van der Waals surface area contributed by atoms with E-state index in [-0.39, 0.29) is 39.1 Å². The monoisotopic (exact) mass is 474 g/mol. The van der Waals surface area contributed by atoms with Crippen molar-refractivity contribution in [2.24, 2.45) is 0 Å². The highest BCUT2D eigenvalue weighted by Gasteiger charge is 2.24. The van der Waals surface area contributed by atoms with Crippen molar-refractivity contribution < 1.29 is 14.6 Å². The van der Waals surface area contributed by atoms with Crippen molar-refractivity contribution in [2.75, 3.05) is 17.7 Å². The number of anilines is 2. The Morgan fingerprint density at radius 2 is 1.88 bits per heavy atom. The minimum absolute atomic E-state index is 0.0241. The van der Waals surface area contributed by atoms with Crippen LogP contribution in [-0.4, -0.2) is 23.2 Å². The lowest BCUT2D eigenvalue weighted by atomic mass is 10.0. The number of nitrogen functional groups attached to an aromatic ring is 1. The van der Waals surface area contributed by atoms with Gasteiger partial charge in [-0.1, -0.05) is 67.4 Å². The molecule has 0 aliphatic rings. The molecule has 0 fully saturated rings. The SMILES string of the molecule is CC(C)c1cc(Oc2c(Cl)c(N)nc(N(C)C(=O)NCc3ccccc3)c2Cl)ccc1O. The fourth-order valence-corrected chi connectivity index (χ4v) is 3.53. The van der Waals surface area contributed by atoms with E-state index in [4.69, 9.17) is 33.7 Å². The molecule has 168 valence electrons. The maximum absolute atomic E-state index is 12.7. The third-order valence-electron chi connectivity index (χ3n) is 4.80. The molecule has 7 nitrogen and oxygen atoms in total. The van der Waals surface area contributed by atoms with E-state index in [1.54, 1.807) is 12.1 Å². The van der Waals surface area contributed by atoms with Crippen LogP contribution in [0.1, 0.15) is 30.9 Å². The number of hydrogen-bond acceptors (Lipinski definition) is 5. The lowest BCUT2D eigenvalue weighted by Gasteiger charge is -2.21. The quantitative estimate of drug-likeness (QED) is 0.410. The highest BCUT2D eigenvalue weighted by molar-refractivity contribution is 6.40. The van der Waals surface area contributed by atoms with E-state index in [1.165, 1.54) is 18.0 Å². The molecule has 0 radical (unpaired) electrons. The predicted molar refractivity (Wildman–Crippen MR) is 128 cm³/mol. The fraction of sp³-hybridized carbons (Fsp3) is 0.217. The number of halogens is 2. The number of phenolic OH excluding ortho intramolecular Hbond substituents is 1. The van der Waals surface area contributed by atoms with Crippen LogP contribution in [0.3, 0.4) is 0 Å². The summed E-state index contributed by atoms with van der Waals surface area (Å²) >= 11 is 12.8. The number of rotatable bonds is 6. The minimum Gasteiger partial charge on any atom is -0.508 e. The molecule has 0 spiro atoms. The summed E-state index contributed by atoms with van der Waals surface area (Å²) in [6.07, 6.45) is 0. The molecule has 2 aromatic carbocycles. The number of benzene rings is 2. The first-order valence-electron chi connectivity index (χ1n) is 9.89. The molecule has 0 aliphatic heterocycles.